The summed E-state index contributed by atoms with van der Waals surface area (Å²) in [6.45, 7) is 3.29. The molecule has 4 rings (SSSR count). The van der Waals surface area contributed by atoms with E-state index in [2.05, 4.69) is 15.1 Å². The quantitative estimate of drug-likeness (QED) is 0.279. The van der Waals surface area contributed by atoms with E-state index in [4.69, 9.17) is 20.8 Å². The Hall–Kier alpha value is -3.17. The molecule has 0 fully saturated rings. The highest BCUT2D eigenvalue weighted by atomic mass is 35.5. The molecule has 10 heteroatoms. The molecule has 0 saturated heterocycles. The molecule has 0 N–H and O–H groups in total. The van der Waals surface area contributed by atoms with Gasteiger partial charge in [0.1, 0.15) is 11.8 Å². The van der Waals surface area contributed by atoms with Crippen molar-refractivity contribution in [3.63, 3.8) is 0 Å². The molecular formula is C23H21ClN4O4S. The van der Waals surface area contributed by atoms with Gasteiger partial charge in [-0.05, 0) is 49.7 Å². The van der Waals surface area contributed by atoms with Crippen LogP contribution in [-0.2, 0) is 14.3 Å². The van der Waals surface area contributed by atoms with Crippen LogP contribution < -0.4 is 0 Å². The Morgan fingerprint density at radius 3 is 2.58 bits per heavy atom. The molecular weight excluding hydrogens is 464 g/mol. The molecule has 0 aliphatic carbocycles. The highest BCUT2D eigenvalue weighted by Gasteiger charge is 2.35. The van der Waals surface area contributed by atoms with Crippen molar-refractivity contribution in [2.75, 3.05) is 12.4 Å². The van der Waals surface area contributed by atoms with Gasteiger partial charge in [-0.1, -0.05) is 35.5 Å². The molecule has 1 atom stereocenters. The molecule has 0 radical (unpaired) electrons. The second kappa shape index (κ2) is 10.2. The van der Waals surface area contributed by atoms with Crippen LogP contribution in [0.3, 0.4) is 0 Å². The van der Waals surface area contributed by atoms with Crippen molar-refractivity contribution in [1.82, 2.24) is 15.0 Å². The van der Waals surface area contributed by atoms with Crippen LogP contribution in [0, 0.1) is 13.8 Å². The number of aromatic nitrogens is 2. The predicted molar refractivity (Wildman–Crippen MR) is 124 cm³/mol. The summed E-state index contributed by atoms with van der Waals surface area (Å²) in [6.07, 6.45) is 2.01. The zero-order chi connectivity index (χ0) is 23.4. The second-order valence-corrected chi connectivity index (χ2v) is 8.79. The van der Waals surface area contributed by atoms with Gasteiger partial charge >= 0.3 is 5.97 Å². The number of aryl methyl sites for hydroxylation is 2. The fourth-order valence-corrected chi connectivity index (χ4v) is 4.26. The lowest BCUT2D eigenvalue weighted by molar-refractivity contribution is -0.150. The van der Waals surface area contributed by atoms with Gasteiger partial charge in [0, 0.05) is 22.8 Å². The van der Waals surface area contributed by atoms with Crippen molar-refractivity contribution in [1.29, 1.82) is 0 Å². The number of carbonyl (C=O) groups is 2. The maximum absolute atomic E-state index is 12.9. The number of halogens is 1. The van der Waals surface area contributed by atoms with Gasteiger partial charge in [-0.15, -0.1) is 0 Å². The Kier molecular flexibility index (Phi) is 7.10. The van der Waals surface area contributed by atoms with Crippen molar-refractivity contribution >= 4 is 41.0 Å². The number of hydrazone groups is 1. The Morgan fingerprint density at radius 2 is 1.91 bits per heavy atom. The number of hydrogen-bond donors (Lipinski definition) is 0. The number of nitrogens with zero attached hydrogens (tertiary/aromatic N) is 4. The van der Waals surface area contributed by atoms with Crippen molar-refractivity contribution in [3.05, 3.63) is 76.5 Å². The highest BCUT2D eigenvalue weighted by molar-refractivity contribution is 7.99. The molecule has 1 aromatic carbocycles. The number of benzene rings is 1. The Bertz CT molecular complexity index is 1160. The zero-order valence-electron chi connectivity index (χ0n) is 18.0. The number of rotatable bonds is 7. The highest BCUT2D eigenvalue weighted by Crippen LogP contribution is 2.33. The molecule has 3 aromatic rings. The van der Waals surface area contributed by atoms with Crippen molar-refractivity contribution in [2.45, 2.75) is 31.5 Å². The molecule has 3 heterocycles. The van der Waals surface area contributed by atoms with E-state index in [9.17, 15) is 9.59 Å². The summed E-state index contributed by atoms with van der Waals surface area (Å²) in [5.74, 6) is -0.380. The fraction of sp³-hybridized carbons (Fsp3) is 0.261. The number of carbonyl (C=O) groups excluding carboxylic acids is 2. The monoisotopic (exact) mass is 484 g/mol. The lowest BCUT2D eigenvalue weighted by Gasteiger charge is -2.19. The summed E-state index contributed by atoms with van der Waals surface area (Å²) in [6, 6.07) is 12.2. The fourth-order valence-electron chi connectivity index (χ4n) is 3.39. The third-order valence-corrected chi connectivity index (χ3v) is 5.93. The Morgan fingerprint density at radius 1 is 1.18 bits per heavy atom. The second-order valence-electron chi connectivity index (χ2n) is 7.41. The average molecular weight is 485 g/mol. The molecule has 1 amide bonds. The van der Waals surface area contributed by atoms with E-state index in [1.165, 1.54) is 5.01 Å². The summed E-state index contributed by atoms with van der Waals surface area (Å²) >= 11 is 7.14. The topological polar surface area (TPSA) is 97.9 Å². The van der Waals surface area contributed by atoms with Crippen LogP contribution in [0.25, 0.3) is 0 Å². The van der Waals surface area contributed by atoms with Crippen LogP contribution in [-0.4, -0.2) is 44.9 Å². The first-order chi connectivity index (χ1) is 15.9. The maximum Gasteiger partial charge on any atom is 0.316 e. The summed E-state index contributed by atoms with van der Waals surface area (Å²) in [5.41, 5.74) is 3.21. The molecule has 0 bridgehead atoms. The SMILES string of the molecule is Cc1cc(C)nc(SCC(=O)OCC(=O)N2N=C(c3ccc(Cl)cc3)C[C@@H]2c2ccco2)n1. The van der Waals surface area contributed by atoms with E-state index in [1.54, 1.807) is 30.5 Å². The third-order valence-electron chi connectivity index (χ3n) is 4.85. The first kappa shape index (κ1) is 23.0. The minimum atomic E-state index is -0.535. The normalized spacial score (nSPS) is 15.4. The minimum absolute atomic E-state index is 0.00290. The molecule has 1 aliphatic rings. The standard InChI is InChI=1S/C23H21ClN4O4S/c1-14-10-15(2)26-23(25-14)33-13-22(30)32-12-21(29)28-19(20-4-3-9-31-20)11-18(27-28)16-5-7-17(24)8-6-16/h3-10,19H,11-13H2,1-2H3/t19-/m1/s1. The number of ether oxygens (including phenoxy) is 1. The predicted octanol–water partition coefficient (Wildman–Crippen LogP) is 4.35. The molecule has 0 spiro atoms. The van der Waals surface area contributed by atoms with Crippen molar-refractivity contribution < 1.29 is 18.7 Å². The van der Waals surface area contributed by atoms with Gasteiger partial charge in [0.15, 0.2) is 11.8 Å². The van der Waals surface area contributed by atoms with Gasteiger partial charge in [0.05, 0.1) is 17.7 Å². The number of hydrogen-bond acceptors (Lipinski definition) is 8. The van der Waals surface area contributed by atoms with Crippen LogP contribution in [0.15, 0.2) is 63.4 Å². The first-order valence-electron chi connectivity index (χ1n) is 10.2. The molecule has 1 aliphatic heterocycles. The van der Waals surface area contributed by atoms with Gasteiger partial charge in [0.2, 0.25) is 0 Å². The number of amides is 1. The number of furan rings is 1. The average Bonchev–Trinajstić information content (AvgIpc) is 3.46. The van der Waals surface area contributed by atoms with Crippen LogP contribution in [0.1, 0.15) is 35.2 Å². The number of esters is 1. The smallest absolute Gasteiger partial charge is 0.316 e. The van der Waals surface area contributed by atoms with E-state index in [1.807, 2.05) is 32.0 Å². The first-order valence-corrected chi connectivity index (χ1v) is 11.5. The van der Waals surface area contributed by atoms with Crippen LogP contribution >= 0.6 is 23.4 Å². The third kappa shape index (κ3) is 5.80. The van der Waals surface area contributed by atoms with Crippen molar-refractivity contribution in [3.8, 4) is 0 Å². The van der Waals surface area contributed by atoms with Gasteiger partial charge in [-0.2, -0.15) is 5.10 Å². The van der Waals surface area contributed by atoms with Gasteiger partial charge in [-0.3, -0.25) is 9.59 Å². The van der Waals surface area contributed by atoms with Crippen LogP contribution in [0.4, 0.5) is 0 Å². The minimum Gasteiger partial charge on any atom is -0.467 e. The molecule has 0 saturated carbocycles. The summed E-state index contributed by atoms with van der Waals surface area (Å²) in [5, 5.41) is 6.92. The van der Waals surface area contributed by atoms with E-state index in [0.29, 0.717) is 22.4 Å². The summed E-state index contributed by atoms with van der Waals surface area (Å²) in [4.78, 5) is 33.6. The maximum atomic E-state index is 12.9. The van der Waals surface area contributed by atoms with Crippen LogP contribution in [0.5, 0.6) is 0 Å². The lowest BCUT2D eigenvalue weighted by atomic mass is 10.0. The van der Waals surface area contributed by atoms with E-state index >= 15 is 0 Å². The van der Waals surface area contributed by atoms with Gasteiger partial charge in [-0.25, -0.2) is 15.0 Å². The lowest BCUT2D eigenvalue weighted by Crippen LogP contribution is -2.31. The number of thioether (sulfide) groups is 1. The molecule has 170 valence electrons. The molecule has 8 nitrogen and oxygen atoms in total. The largest absolute Gasteiger partial charge is 0.467 e. The van der Waals surface area contributed by atoms with E-state index in [-0.39, 0.29) is 5.75 Å². The van der Waals surface area contributed by atoms with Gasteiger partial charge in [0.25, 0.3) is 5.91 Å². The van der Waals surface area contributed by atoms with Crippen LogP contribution in [0.2, 0.25) is 5.02 Å². The molecule has 33 heavy (non-hydrogen) atoms. The van der Waals surface area contributed by atoms with E-state index < -0.39 is 24.5 Å². The van der Waals surface area contributed by atoms with Gasteiger partial charge < -0.3 is 9.15 Å². The molecule has 0 unspecified atom stereocenters. The summed E-state index contributed by atoms with van der Waals surface area (Å²) in [7, 11) is 0. The van der Waals surface area contributed by atoms with E-state index in [0.717, 1.165) is 34.4 Å². The zero-order valence-corrected chi connectivity index (χ0v) is 19.6. The summed E-state index contributed by atoms with van der Waals surface area (Å²) < 4.78 is 10.7. The molecule has 2 aromatic heterocycles. The Balaban J connectivity index is 1.40. The van der Waals surface area contributed by atoms with Crippen molar-refractivity contribution in [2.24, 2.45) is 5.10 Å². The Labute approximate surface area is 200 Å².